The molecule has 0 saturated heterocycles. The van der Waals surface area contributed by atoms with Gasteiger partial charge in [0.1, 0.15) is 5.75 Å². The van der Waals surface area contributed by atoms with E-state index in [1.807, 2.05) is 54.6 Å². The number of hydrogen-bond acceptors (Lipinski definition) is 3. The zero-order valence-electron chi connectivity index (χ0n) is 17.0. The van der Waals surface area contributed by atoms with Crippen molar-refractivity contribution in [1.82, 2.24) is 9.78 Å². The molecule has 4 aromatic rings. The fourth-order valence-corrected chi connectivity index (χ4v) is 3.70. The molecule has 33 heavy (non-hydrogen) atoms. The molecule has 168 valence electrons. The molecule has 0 bridgehead atoms. The molecule has 0 aliphatic carbocycles. The smallest absolute Gasteiger partial charge is 0.406 e. The van der Waals surface area contributed by atoms with Gasteiger partial charge in [-0.25, -0.2) is 0 Å². The second-order valence-corrected chi connectivity index (χ2v) is 8.03. The quantitative estimate of drug-likeness (QED) is 0.318. The molecule has 0 fully saturated rings. The highest BCUT2D eigenvalue weighted by molar-refractivity contribution is 9.10. The van der Waals surface area contributed by atoms with Gasteiger partial charge in [-0.1, -0.05) is 58.4 Å². The molecule has 5 nitrogen and oxygen atoms in total. The maximum absolute atomic E-state index is 13.0. The van der Waals surface area contributed by atoms with Crippen molar-refractivity contribution in [3.8, 4) is 16.9 Å². The Morgan fingerprint density at radius 3 is 2.39 bits per heavy atom. The van der Waals surface area contributed by atoms with Crippen LogP contribution in [0.25, 0.3) is 11.1 Å². The third-order valence-corrected chi connectivity index (χ3v) is 5.13. The van der Waals surface area contributed by atoms with E-state index >= 15 is 0 Å². The van der Waals surface area contributed by atoms with Gasteiger partial charge in [0.05, 0.1) is 6.54 Å². The number of ether oxygens (including phenoxy) is 1. The summed E-state index contributed by atoms with van der Waals surface area (Å²) in [4.78, 5) is 13.0. The predicted octanol–water partition coefficient (Wildman–Crippen LogP) is 6.51. The number of rotatable bonds is 6. The number of amides is 1. The lowest BCUT2D eigenvalue weighted by Crippen LogP contribution is -2.17. The number of aromatic nitrogens is 2. The fraction of sp³-hybridized carbons (Fsp3) is 0.0833. The molecule has 0 aliphatic heterocycles. The Morgan fingerprint density at radius 1 is 1.00 bits per heavy atom. The third-order valence-electron chi connectivity index (χ3n) is 4.64. The van der Waals surface area contributed by atoms with E-state index in [1.165, 1.54) is 12.1 Å². The summed E-state index contributed by atoms with van der Waals surface area (Å²) < 4.78 is 43.5. The standard InChI is InChI=1S/C24H17BrF3N3O2/c25-18-8-4-5-16(13-18)14-31-15-21(17-6-2-1-3-7-17)22(30-31)23(32)29-19-9-11-20(12-10-19)33-24(26,27)28/h1-13,15H,14H2,(H,29,32). The first-order chi connectivity index (χ1) is 15.8. The van der Waals surface area contributed by atoms with Gasteiger partial charge in [-0.05, 0) is 47.5 Å². The number of hydrogen-bond donors (Lipinski definition) is 1. The van der Waals surface area contributed by atoms with Gasteiger partial charge in [-0.15, -0.1) is 13.2 Å². The second kappa shape index (κ2) is 9.50. The molecule has 9 heteroatoms. The molecule has 4 rings (SSSR count). The Balaban J connectivity index is 1.60. The summed E-state index contributed by atoms with van der Waals surface area (Å²) in [6, 6.07) is 22.0. The molecule has 1 amide bonds. The SMILES string of the molecule is O=C(Nc1ccc(OC(F)(F)F)cc1)c1nn(Cc2cccc(Br)c2)cc1-c1ccccc1. The van der Waals surface area contributed by atoms with Crippen LogP contribution in [0.1, 0.15) is 16.1 Å². The van der Waals surface area contributed by atoms with Crippen LogP contribution >= 0.6 is 15.9 Å². The Kier molecular flexibility index (Phi) is 6.50. The summed E-state index contributed by atoms with van der Waals surface area (Å²) in [5, 5.41) is 7.18. The molecular weight excluding hydrogens is 499 g/mol. The van der Waals surface area contributed by atoms with E-state index in [9.17, 15) is 18.0 Å². The van der Waals surface area contributed by atoms with Crippen molar-refractivity contribution in [3.63, 3.8) is 0 Å². The van der Waals surface area contributed by atoms with Crippen LogP contribution in [-0.4, -0.2) is 22.1 Å². The van der Waals surface area contributed by atoms with Crippen LogP contribution in [0.15, 0.2) is 89.5 Å². The first kappa shape index (κ1) is 22.6. The van der Waals surface area contributed by atoms with E-state index in [1.54, 1.807) is 10.9 Å². The lowest BCUT2D eigenvalue weighted by molar-refractivity contribution is -0.274. The number of carbonyl (C=O) groups excluding carboxylic acids is 1. The van der Waals surface area contributed by atoms with Gasteiger partial charge in [0, 0.05) is 21.9 Å². The minimum absolute atomic E-state index is 0.201. The van der Waals surface area contributed by atoms with E-state index < -0.39 is 12.3 Å². The van der Waals surface area contributed by atoms with Crippen molar-refractivity contribution < 1.29 is 22.7 Å². The summed E-state index contributed by atoms with van der Waals surface area (Å²) in [6.07, 6.45) is -2.98. The van der Waals surface area contributed by atoms with Crippen molar-refractivity contribution >= 4 is 27.5 Å². The van der Waals surface area contributed by atoms with Crippen molar-refractivity contribution in [2.45, 2.75) is 12.9 Å². The van der Waals surface area contributed by atoms with Crippen LogP contribution < -0.4 is 10.1 Å². The number of anilines is 1. The zero-order chi connectivity index (χ0) is 23.4. The van der Waals surface area contributed by atoms with E-state index in [0.717, 1.165) is 27.7 Å². The van der Waals surface area contributed by atoms with Gasteiger partial charge in [-0.3, -0.25) is 9.48 Å². The Morgan fingerprint density at radius 2 is 1.73 bits per heavy atom. The van der Waals surface area contributed by atoms with Crippen molar-refractivity contribution in [2.75, 3.05) is 5.32 Å². The molecule has 1 aromatic heterocycles. The molecule has 1 N–H and O–H groups in total. The number of halogens is 4. The van der Waals surface area contributed by atoms with Gasteiger partial charge >= 0.3 is 6.36 Å². The minimum atomic E-state index is -4.78. The summed E-state index contributed by atoms with van der Waals surface area (Å²) in [5.74, 6) is -0.852. The molecule has 0 saturated carbocycles. The first-order valence-corrected chi connectivity index (χ1v) is 10.6. The zero-order valence-corrected chi connectivity index (χ0v) is 18.6. The van der Waals surface area contributed by atoms with Crippen LogP contribution in [0.2, 0.25) is 0 Å². The molecule has 0 unspecified atom stereocenters. The average Bonchev–Trinajstić information content (AvgIpc) is 3.19. The highest BCUT2D eigenvalue weighted by atomic mass is 79.9. The molecule has 0 aliphatic rings. The Bertz CT molecular complexity index is 1260. The average molecular weight is 516 g/mol. The molecular formula is C24H17BrF3N3O2. The van der Waals surface area contributed by atoms with Crippen molar-refractivity contribution in [3.05, 3.63) is 101 Å². The van der Waals surface area contributed by atoms with E-state index in [2.05, 4.69) is 31.1 Å². The van der Waals surface area contributed by atoms with Crippen molar-refractivity contribution in [2.24, 2.45) is 0 Å². The topological polar surface area (TPSA) is 56.1 Å². The van der Waals surface area contributed by atoms with Crippen LogP contribution in [0, 0.1) is 0 Å². The molecule has 1 heterocycles. The van der Waals surface area contributed by atoms with Gasteiger partial charge < -0.3 is 10.1 Å². The van der Waals surface area contributed by atoms with Crippen LogP contribution in [-0.2, 0) is 6.54 Å². The third kappa shape index (κ3) is 6.01. The summed E-state index contributed by atoms with van der Waals surface area (Å²) in [6.45, 7) is 0.454. The van der Waals surface area contributed by atoms with E-state index in [0.29, 0.717) is 17.8 Å². The van der Waals surface area contributed by atoms with Gasteiger partial charge in [0.15, 0.2) is 5.69 Å². The Labute approximate surface area is 195 Å². The molecule has 0 radical (unpaired) electrons. The molecule has 0 spiro atoms. The lowest BCUT2D eigenvalue weighted by atomic mass is 10.1. The number of carbonyl (C=O) groups is 1. The van der Waals surface area contributed by atoms with Crippen LogP contribution in [0.5, 0.6) is 5.75 Å². The second-order valence-electron chi connectivity index (χ2n) is 7.11. The first-order valence-electron chi connectivity index (χ1n) is 9.81. The summed E-state index contributed by atoms with van der Waals surface area (Å²) in [5.41, 5.74) is 2.97. The largest absolute Gasteiger partial charge is 0.573 e. The fourth-order valence-electron chi connectivity index (χ4n) is 3.25. The molecule has 0 atom stereocenters. The predicted molar refractivity (Wildman–Crippen MR) is 122 cm³/mol. The maximum atomic E-state index is 13.0. The Hall–Kier alpha value is -3.59. The van der Waals surface area contributed by atoms with Gasteiger partial charge in [-0.2, -0.15) is 5.10 Å². The number of benzene rings is 3. The van der Waals surface area contributed by atoms with Crippen molar-refractivity contribution in [1.29, 1.82) is 0 Å². The number of nitrogens with one attached hydrogen (secondary N) is 1. The normalized spacial score (nSPS) is 11.3. The van der Waals surface area contributed by atoms with E-state index in [4.69, 9.17) is 0 Å². The highest BCUT2D eigenvalue weighted by Crippen LogP contribution is 2.26. The highest BCUT2D eigenvalue weighted by Gasteiger charge is 2.31. The number of nitrogens with zero attached hydrogens (tertiary/aromatic N) is 2. The number of alkyl halides is 3. The minimum Gasteiger partial charge on any atom is -0.406 e. The molecule has 3 aromatic carbocycles. The van der Waals surface area contributed by atoms with E-state index in [-0.39, 0.29) is 11.4 Å². The maximum Gasteiger partial charge on any atom is 0.573 e. The van der Waals surface area contributed by atoms with Gasteiger partial charge in [0.25, 0.3) is 5.91 Å². The summed E-state index contributed by atoms with van der Waals surface area (Å²) in [7, 11) is 0. The van der Waals surface area contributed by atoms with Crippen LogP contribution in [0.4, 0.5) is 18.9 Å². The van der Waals surface area contributed by atoms with Gasteiger partial charge in [0.2, 0.25) is 0 Å². The monoisotopic (exact) mass is 515 g/mol. The van der Waals surface area contributed by atoms with Crippen LogP contribution in [0.3, 0.4) is 0 Å². The lowest BCUT2D eigenvalue weighted by Gasteiger charge is -2.10. The summed E-state index contributed by atoms with van der Waals surface area (Å²) >= 11 is 3.45.